The van der Waals surface area contributed by atoms with Crippen LogP contribution in [0.25, 0.3) is 0 Å². The minimum absolute atomic E-state index is 0.00338. The summed E-state index contributed by atoms with van der Waals surface area (Å²) in [5.74, 6) is -0.0659. The first kappa shape index (κ1) is 17.9. The number of hydrogen-bond donors (Lipinski definition) is 1. The van der Waals surface area contributed by atoms with Gasteiger partial charge in [0, 0.05) is 37.9 Å². The van der Waals surface area contributed by atoms with E-state index in [4.69, 9.17) is 0 Å². The van der Waals surface area contributed by atoms with E-state index in [9.17, 15) is 9.59 Å². The molecular formula is C20H29N3O2. The minimum Gasteiger partial charge on any atom is -0.345 e. The third-order valence-corrected chi connectivity index (χ3v) is 5.70. The molecule has 1 aliphatic carbocycles. The predicted molar refractivity (Wildman–Crippen MR) is 99.6 cm³/mol. The van der Waals surface area contributed by atoms with Gasteiger partial charge in [0.05, 0.1) is 6.54 Å². The average molecular weight is 343 g/mol. The van der Waals surface area contributed by atoms with Gasteiger partial charge in [-0.3, -0.25) is 14.5 Å². The first-order valence-electron chi connectivity index (χ1n) is 9.24. The van der Waals surface area contributed by atoms with Crippen LogP contribution in [-0.4, -0.2) is 54.8 Å². The highest BCUT2D eigenvalue weighted by molar-refractivity contribution is 5.97. The molecule has 5 nitrogen and oxygen atoms in total. The summed E-state index contributed by atoms with van der Waals surface area (Å²) in [6.07, 6.45) is 6.50. The third-order valence-electron chi connectivity index (χ3n) is 5.70. The van der Waals surface area contributed by atoms with Crippen molar-refractivity contribution >= 4 is 17.5 Å². The number of amides is 2. The Morgan fingerprint density at radius 1 is 1.28 bits per heavy atom. The fourth-order valence-electron chi connectivity index (χ4n) is 4.48. The second kappa shape index (κ2) is 7.16. The van der Waals surface area contributed by atoms with Gasteiger partial charge in [-0.05, 0) is 49.8 Å². The number of hydrogen-bond acceptors (Lipinski definition) is 3. The molecule has 0 radical (unpaired) electrons. The molecule has 1 heterocycles. The summed E-state index contributed by atoms with van der Waals surface area (Å²) < 4.78 is 0. The Balaban J connectivity index is 1.59. The molecule has 0 bridgehead atoms. The highest BCUT2D eigenvalue weighted by Crippen LogP contribution is 2.47. The molecule has 1 aromatic rings. The number of nitrogens with zero attached hydrogens (tertiary/aromatic N) is 2. The van der Waals surface area contributed by atoms with E-state index in [-0.39, 0.29) is 11.8 Å². The van der Waals surface area contributed by atoms with Gasteiger partial charge >= 0.3 is 0 Å². The Morgan fingerprint density at radius 2 is 2.00 bits per heavy atom. The molecule has 2 amide bonds. The molecule has 0 aromatic heterocycles. The number of anilines is 1. The number of likely N-dealkylation sites (tertiary alicyclic amines) is 1. The molecule has 1 spiro atoms. The fourth-order valence-corrected chi connectivity index (χ4v) is 4.48. The van der Waals surface area contributed by atoms with Crippen molar-refractivity contribution in [3.05, 3.63) is 29.8 Å². The lowest BCUT2D eigenvalue weighted by molar-refractivity contribution is -0.117. The first-order chi connectivity index (χ1) is 11.9. The largest absolute Gasteiger partial charge is 0.345 e. The number of rotatable bonds is 4. The zero-order valence-corrected chi connectivity index (χ0v) is 15.5. The monoisotopic (exact) mass is 343 g/mol. The van der Waals surface area contributed by atoms with Crippen LogP contribution in [0.1, 0.15) is 49.4 Å². The van der Waals surface area contributed by atoms with Crippen LogP contribution in [0.2, 0.25) is 0 Å². The maximum Gasteiger partial charge on any atom is 0.253 e. The molecule has 5 heteroatoms. The molecule has 1 aromatic carbocycles. The van der Waals surface area contributed by atoms with Crippen molar-refractivity contribution < 1.29 is 9.59 Å². The van der Waals surface area contributed by atoms with Crippen molar-refractivity contribution in [2.24, 2.45) is 5.41 Å². The van der Waals surface area contributed by atoms with Crippen LogP contribution in [0.15, 0.2) is 24.3 Å². The van der Waals surface area contributed by atoms with Gasteiger partial charge in [0.2, 0.25) is 5.91 Å². The average Bonchev–Trinajstić information content (AvgIpc) is 3.13. The normalized spacial score (nSPS) is 22.3. The zero-order valence-electron chi connectivity index (χ0n) is 15.5. The van der Waals surface area contributed by atoms with Crippen LogP contribution in [0.3, 0.4) is 0 Å². The first-order valence-corrected chi connectivity index (χ1v) is 9.24. The number of carbonyl (C=O) groups excluding carboxylic acids is 2. The molecule has 2 fully saturated rings. The van der Waals surface area contributed by atoms with Crippen molar-refractivity contribution in [2.75, 3.05) is 32.5 Å². The lowest BCUT2D eigenvalue weighted by Gasteiger charge is -2.23. The SMILES string of the molecule is C[C@H]1CC2(CCCC2)CN1CC(=O)Nc1cccc(C(=O)N(C)C)c1. The summed E-state index contributed by atoms with van der Waals surface area (Å²) >= 11 is 0. The van der Waals surface area contributed by atoms with Gasteiger partial charge in [0.15, 0.2) is 0 Å². The summed E-state index contributed by atoms with van der Waals surface area (Å²) in [7, 11) is 3.45. The molecule has 0 unspecified atom stereocenters. The van der Waals surface area contributed by atoms with Crippen molar-refractivity contribution in [1.29, 1.82) is 0 Å². The highest BCUT2D eigenvalue weighted by Gasteiger charge is 2.43. The fraction of sp³-hybridized carbons (Fsp3) is 0.600. The van der Waals surface area contributed by atoms with Gasteiger partial charge in [-0.2, -0.15) is 0 Å². The van der Waals surface area contributed by atoms with Crippen LogP contribution in [0, 0.1) is 5.41 Å². The Labute approximate surface area is 150 Å². The molecule has 136 valence electrons. The lowest BCUT2D eigenvalue weighted by atomic mass is 9.84. The minimum atomic E-state index is -0.0626. The summed E-state index contributed by atoms with van der Waals surface area (Å²) in [5.41, 5.74) is 1.72. The molecule has 1 aliphatic heterocycles. The maximum atomic E-state index is 12.5. The quantitative estimate of drug-likeness (QED) is 0.914. The van der Waals surface area contributed by atoms with Gasteiger partial charge in [-0.25, -0.2) is 0 Å². The van der Waals surface area contributed by atoms with Gasteiger partial charge in [-0.15, -0.1) is 0 Å². The molecule has 25 heavy (non-hydrogen) atoms. The van der Waals surface area contributed by atoms with Crippen molar-refractivity contribution in [2.45, 2.75) is 45.1 Å². The summed E-state index contributed by atoms with van der Waals surface area (Å²) in [4.78, 5) is 28.4. The number of nitrogens with one attached hydrogen (secondary N) is 1. The molecule has 1 saturated carbocycles. The molecule has 1 atom stereocenters. The van der Waals surface area contributed by atoms with Crippen LogP contribution < -0.4 is 5.32 Å². The number of carbonyl (C=O) groups is 2. The van der Waals surface area contributed by atoms with E-state index in [0.717, 1.165) is 6.54 Å². The van der Waals surface area contributed by atoms with Crippen molar-refractivity contribution in [1.82, 2.24) is 9.80 Å². The van der Waals surface area contributed by atoms with E-state index in [2.05, 4.69) is 17.1 Å². The molecule has 3 rings (SSSR count). The highest BCUT2D eigenvalue weighted by atomic mass is 16.2. The van der Waals surface area contributed by atoms with E-state index >= 15 is 0 Å². The van der Waals surface area contributed by atoms with Gasteiger partial charge in [0.1, 0.15) is 0 Å². The van der Waals surface area contributed by atoms with E-state index < -0.39 is 0 Å². The molecule has 2 aliphatic rings. The van der Waals surface area contributed by atoms with Gasteiger partial charge in [0.25, 0.3) is 5.91 Å². The van der Waals surface area contributed by atoms with E-state index in [1.807, 2.05) is 6.07 Å². The van der Waals surface area contributed by atoms with E-state index in [0.29, 0.717) is 29.3 Å². The van der Waals surface area contributed by atoms with Crippen molar-refractivity contribution in [3.63, 3.8) is 0 Å². The lowest BCUT2D eigenvalue weighted by Crippen LogP contribution is -2.36. The summed E-state index contributed by atoms with van der Waals surface area (Å²) in [5, 5.41) is 2.95. The van der Waals surface area contributed by atoms with Crippen LogP contribution in [0.4, 0.5) is 5.69 Å². The Bertz CT molecular complexity index is 650. The molecule has 1 N–H and O–H groups in total. The topological polar surface area (TPSA) is 52.7 Å². The smallest absolute Gasteiger partial charge is 0.253 e. The van der Waals surface area contributed by atoms with Crippen molar-refractivity contribution in [3.8, 4) is 0 Å². The summed E-state index contributed by atoms with van der Waals surface area (Å²) in [6, 6.07) is 7.61. The Hall–Kier alpha value is -1.88. The second-order valence-electron chi connectivity index (χ2n) is 7.99. The third kappa shape index (κ3) is 4.03. The standard InChI is InChI=1S/C20H29N3O2/c1-15-12-20(9-4-5-10-20)14-23(15)13-18(24)21-17-8-6-7-16(11-17)19(25)22(2)3/h6-8,11,15H,4-5,9-10,12-14H2,1-3H3,(H,21,24)/t15-/m0/s1. The summed E-state index contributed by atoms with van der Waals surface area (Å²) in [6.45, 7) is 3.70. The van der Waals surface area contributed by atoms with Crippen LogP contribution in [-0.2, 0) is 4.79 Å². The Morgan fingerprint density at radius 3 is 2.68 bits per heavy atom. The Kier molecular flexibility index (Phi) is 5.13. The van der Waals surface area contributed by atoms with E-state index in [1.165, 1.54) is 37.0 Å². The van der Waals surface area contributed by atoms with E-state index in [1.54, 1.807) is 32.3 Å². The van der Waals surface area contributed by atoms with Crippen LogP contribution in [0.5, 0.6) is 0 Å². The maximum absolute atomic E-state index is 12.5. The van der Waals surface area contributed by atoms with Crippen LogP contribution >= 0.6 is 0 Å². The predicted octanol–water partition coefficient (Wildman–Crippen LogP) is 2.98. The zero-order chi connectivity index (χ0) is 18.0. The second-order valence-corrected chi connectivity index (χ2v) is 7.99. The molecular weight excluding hydrogens is 314 g/mol. The van der Waals surface area contributed by atoms with Gasteiger partial charge < -0.3 is 10.2 Å². The molecule has 1 saturated heterocycles. The van der Waals surface area contributed by atoms with Gasteiger partial charge in [-0.1, -0.05) is 18.9 Å². The number of benzene rings is 1.